The first-order valence-electron chi connectivity index (χ1n) is 7.23. The predicted molar refractivity (Wildman–Crippen MR) is 91.2 cm³/mol. The number of nitrogens with zero attached hydrogens (tertiary/aromatic N) is 2. The van der Waals surface area contributed by atoms with Crippen molar-refractivity contribution < 1.29 is 18.7 Å². The minimum atomic E-state index is -0.461. The summed E-state index contributed by atoms with van der Waals surface area (Å²) in [7, 11) is 1.30. The number of carbonyl (C=O) groups excluding carboxylic acids is 2. The topological polar surface area (TPSA) is 110 Å². The van der Waals surface area contributed by atoms with Crippen LogP contribution >= 0.6 is 11.8 Å². The monoisotopic (exact) mass is 358 g/mol. The highest BCUT2D eigenvalue weighted by molar-refractivity contribution is 7.99. The van der Waals surface area contributed by atoms with Crippen molar-refractivity contribution in [2.45, 2.75) is 5.16 Å². The van der Waals surface area contributed by atoms with Crippen molar-refractivity contribution in [2.24, 2.45) is 0 Å². The van der Waals surface area contributed by atoms with Gasteiger partial charge in [0.2, 0.25) is 11.1 Å². The molecular weight excluding hydrogens is 344 g/mol. The second-order valence-corrected chi connectivity index (χ2v) is 5.80. The largest absolute Gasteiger partial charge is 0.465 e. The van der Waals surface area contributed by atoms with Crippen molar-refractivity contribution >= 4 is 29.3 Å². The van der Waals surface area contributed by atoms with E-state index >= 15 is 0 Å². The van der Waals surface area contributed by atoms with E-state index in [-0.39, 0.29) is 11.7 Å². The van der Waals surface area contributed by atoms with Gasteiger partial charge in [0.25, 0.3) is 0 Å². The molecule has 128 valence electrons. The highest BCUT2D eigenvalue weighted by atomic mass is 32.2. The number of carbonyl (C=O) groups is 2. The lowest BCUT2D eigenvalue weighted by molar-refractivity contribution is -0.113. The summed E-state index contributed by atoms with van der Waals surface area (Å²) < 4.78 is 9.87. The number of nitrogens with one attached hydrogen (secondary N) is 2. The van der Waals surface area contributed by atoms with Gasteiger partial charge >= 0.3 is 5.97 Å². The summed E-state index contributed by atoms with van der Waals surface area (Å²) in [5.41, 5.74) is 0.879. The van der Waals surface area contributed by atoms with Crippen molar-refractivity contribution in [2.75, 3.05) is 18.2 Å². The average molecular weight is 358 g/mol. The normalized spacial score (nSPS) is 10.4. The number of aromatic amines is 1. The number of H-pyrrole nitrogens is 1. The van der Waals surface area contributed by atoms with Gasteiger partial charge in [0.1, 0.15) is 0 Å². The Morgan fingerprint density at radius 1 is 1.32 bits per heavy atom. The van der Waals surface area contributed by atoms with Gasteiger partial charge in [0, 0.05) is 5.69 Å². The summed E-state index contributed by atoms with van der Waals surface area (Å²) in [5, 5.41) is 9.92. The number of esters is 1. The molecule has 2 aromatic heterocycles. The van der Waals surface area contributed by atoms with Crippen LogP contribution in [0.5, 0.6) is 0 Å². The molecule has 0 saturated carbocycles. The number of hydrogen-bond acceptors (Lipinski definition) is 7. The summed E-state index contributed by atoms with van der Waals surface area (Å²) in [5.74, 6) is 0.493. The number of anilines is 1. The molecule has 0 aliphatic carbocycles. The number of furan rings is 1. The lowest BCUT2D eigenvalue weighted by atomic mass is 10.2. The van der Waals surface area contributed by atoms with E-state index in [1.807, 2.05) is 0 Å². The van der Waals surface area contributed by atoms with E-state index in [1.165, 1.54) is 18.9 Å². The van der Waals surface area contributed by atoms with Crippen molar-refractivity contribution in [3.63, 3.8) is 0 Å². The van der Waals surface area contributed by atoms with E-state index in [4.69, 9.17) is 4.42 Å². The van der Waals surface area contributed by atoms with Gasteiger partial charge in [0.15, 0.2) is 11.6 Å². The molecule has 2 N–H and O–H groups in total. The Kier molecular flexibility index (Phi) is 5.14. The van der Waals surface area contributed by atoms with Crippen molar-refractivity contribution in [1.29, 1.82) is 0 Å². The van der Waals surface area contributed by atoms with Gasteiger partial charge in [-0.1, -0.05) is 17.8 Å². The third-order valence-corrected chi connectivity index (χ3v) is 3.97. The van der Waals surface area contributed by atoms with Crippen LogP contribution in [0.3, 0.4) is 0 Å². The number of hydrogen-bond donors (Lipinski definition) is 2. The molecule has 9 heteroatoms. The van der Waals surface area contributed by atoms with E-state index in [2.05, 4.69) is 25.2 Å². The Hall–Kier alpha value is -3.07. The molecule has 0 bridgehead atoms. The maximum Gasteiger partial charge on any atom is 0.337 e. The fourth-order valence-corrected chi connectivity index (χ4v) is 2.60. The van der Waals surface area contributed by atoms with Gasteiger partial charge in [-0.2, -0.15) is 4.98 Å². The lowest BCUT2D eigenvalue weighted by Crippen LogP contribution is -2.14. The zero-order chi connectivity index (χ0) is 17.6. The molecule has 25 heavy (non-hydrogen) atoms. The van der Waals surface area contributed by atoms with Crippen LogP contribution in [-0.4, -0.2) is 39.9 Å². The zero-order valence-corrected chi connectivity index (χ0v) is 14.0. The lowest BCUT2D eigenvalue weighted by Gasteiger charge is -2.05. The SMILES string of the molecule is COC(=O)c1cccc(NC(=O)CSc2n[nH]c(-c3ccco3)n2)c1. The molecule has 0 spiro atoms. The summed E-state index contributed by atoms with van der Waals surface area (Å²) in [6.45, 7) is 0. The molecule has 0 saturated heterocycles. The van der Waals surface area contributed by atoms with Crippen LogP contribution in [0.2, 0.25) is 0 Å². The summed E-state index contributed by atoms with van der Waals surface area (Å²) in [6, 6.07) is 10.0. The van der Waals surface area contributed by atoms with E-state index in [0.717, 1.165) is 0 Å². The highest BCUT2D eigenvalue weighted by Gasteiger charge is 2.11. The molecule has 8 nitrogen and oxygen atoms in total. The molecule has 0 atom stereocenters. The number of thioether (sulfide) groups is 1. The Balaban J connectivity index is 1.56. The molecule has 1 amide bonds. The fourth-order valence-electron chi connectivity index (χ4n) is 2.00. The first-order chi connectivity index (χ1) is 12.2. The highest BCUT2D eigenvalue weighted by Crippen LogP contribution is 2.19. The number of ether oxygens (including phenoxy) is 1. The first kappa shape index (κ1) is 16.8. The number of benzene rings is 1. The first-order valence-corrected chi connectivity index (χ1v) is 8.21. The predicted octanol–water partition coefficient (Wildman–Crippen LogP) is 2.58. The van der Waals surface area contributed by atoms with Gasteiger partial charge in [-0.15, -0.1) is 5.10 Å². The third kappa shape index (κ3) is 4.27. The molecule has 0 fully saturated rings. The molecular formula is C16H14N4O4S. The Labute approximate surface area is 147 Å². The van der Waals surface area contributed by atoms with E-state index in [1.54, 1.807) is 42.7 Å². The van der Waals surface area contributed by atoms with Gasteiger partial charge in [-0.05, 0) is 30.3 Å². The van der Waals surface area contributed by atoms with Gasteiger partial charge in [0.05, 0.1) is 24.7 Å². The van der Waals surface area contributed by atoms with Crippen LogP contribution in [-0.2, 0) is 9.53 Å². The van der Waals surface area contributed by atoms with Crippen LogP contribution < -0.4 is 5.32 Å². The maximum atomic E-state index is 12.0. The molecule has 0 aliphatic rings. The van der Waals surface area contributed by atoms with Crippen molar-refractivity contribution in [3.8, 4) is 11.6 Å². The van der Waals surface area contributed by atoms with E-state index < -0.39 is 5.97 Å². The quantitative estimate of drug-likeness (QED) is 0.515. The van der Waals surface area contributed by atoms with Gasteiger partial charge in [-0.25, -0.2) is 4.79 Å². The summed E-state index contributed by atoms with van der Waals surface area (Å²) in [6.07, 6.45) is 1.54. The van der Waals surface area contributed by atoms with Crippen LogP contribution in [0, 0.1) is 0 Å². The van der Waals surface area contributed by atoms with Crippen LogP contribution in [0.15, 0.2) is 52.2 Å². The molecule has 3 aromatic rings. The smallest absolute Gasteiger partial charge is 0.337 e. The Morgan fingerprint density at radius 2 is 2.20 bits per heavy atom. The van der Waals surface area contributed by atoms with E-state index in [9.17, 15) is 9.59 Å². The molecule has 2 heterocycles. The number of amides is 1. The Bertz CT molecular complexity index is 876. The van der Waals surface area contributed by atoms with Crippen LogP contribution in [0.4, 0.5) is 5.69 Å². The molecule has 1 aromatic carbocycles. The van der Waals surface area contributed by atoms with Crippen molar-refractivity contribution in [3.05, 3.63) is 48.2 Å². The summed E-state index contributed by atoms with van der Waals surface area (Å²) >= 11 is 1.18. The molecule has 0 radical (unpaired) electrons. The average Bonchev–Trinajstić information content (AvgIpc) is 3.30. The molecule has 0 unspecified atom stereocenters. The second kappa shape index (κ2) is 7.67. The van der Waals surface area contributed by atoms with Crippen molar-refractivity contribution in [1.82, 2.24) is 15.2 Å². The number of aromatic nitrogens is 3. The number of rotatable bonds is 6. The van der Waals surface area contributed by atoms with Crippen LogP contribution in [0.1, 0.15) is 10.4 Å². The van der Waals surface area contributed by atoms with Gasteiger partial charge < -0.3 is 14.5 Å². The zero-order valence-electron chi connectivity index (χ0n) is 13.2. The van der Waals surface area contributed by atoms with Crippen LogP contribution in [0.25, 0.3) is 11.6 Å². The maximum absolute atomic E-state index is 12.0. The Morgan fingerprint density at radius 3 is 2.96 bits per heavy atom. The van der Waals surface area contributed by atoms with Gasteiger partial charge in [-0.3, -0.25) is 9.89 Å². The fraction of sp³-hybridized carbons (Fsp3) is 0.125. The summed E-state index contributed by atoms with van der Waals surface area (Å²) in [4.78, 5) is 27.8. The minimum absolute atomic E-state index is 0.123. The van der Waals surface area contributed by atoms with E-state index in [0.29, 0.717) is 28.0 Å². The standard InChI is InChI=1S/C16H14N4O4S/c1-23-15(22)10-4-2-5-11(8-10)17-13(21)9-25-16-18-14(19-20-16)12-6-3-7-24-12/h2-8H,9H2,1H3,(H,17,21)(H,18,19,20). The minimum Gasteiger partial charge on any atom is -0.465 e. The second-order valence-electron chi connectivity index (χ2n) is 4.85. The molecule has 3 rings (SSSR count). The molecule has 0 aliphatic heterocycles. The number of methoxy groups -OCH3 is 1. The third-order valence-electron chi connectivity index (χ3n) is 3.12.